The Morgan fingerprint density at radius 1 is 1.30 bits per heavy atom. The smallest absolute Gasteiger partial charge is 0.332 e. The SMILES string of the molecule is CN(CCCC1CC(c2cccc(F)c2)NN1)C(=O)[C@@H]1CC[C@H](C(=O)O)O1. The van der Waals surface area contributed by atoms with Crippen molar-refractivity contribution in [1.29, 1.82) is 0 Å². The summed E-state index contributed by atoms with van der Waals surface area (Å²) in [5.74, 6) is -1.41. The first-order valence-electron chi connectivity index (χ1n) is 9.34. The summed E-state index contributed by atoms with van der Waals surface area (Å²) in [5.41, 5.74) is 7.35. The third kappa shape index (κ3) is 5.03. The van der Waals surface area contributed by atoms with E-state index in [-0.39, 0.29) is 23.8 Å². The van der Waals surface area contributed by atoms with E-state index in [1.807, 2.05) is 6.07 Å². The number of nitrogens with zero attached hydrogens (tertiary/aromatic N) is 1. The topological polar surface area (TPSA) is 90.9 Å². The van der Waals surface area contributed by atoms with Crippen LogP contribution in [0.3, 0.4) is 0 Å². The quantitative estimate of drug-likeness (QED) is 0.667. The van der Waals surface area contributed by atoms with Crippen LogP contribution in [0.2, 0.25) is 0 Å². The van der Waals surface area contributed by atoms with Gasteiger partial charge >= 0.3 is 5.97 Å². The van der Waals surface area contributed by atoms with E-state index in [4.69, 9.17) is 9.84 Å². The Hall–Kier alpha value is -2.03. The number of aliphatic carboxylic acids is 1. The van der Waals surface area contributed by atoms with E-state index < -0.39 is 18.2 Å². The number of hydrazine groups is 1. The number of benzene rings is 1. The second-order valence-electron chi connectivity index (χ2n) is 7.26. The maximum Gasteiger partial charge on any atom is 0.332 e. The minimum Gasteiger partial charge on any atom is -0.479 e. The van der Waals surface area contributed by atoms with Crippen molar-refractivity contribution in [3.63, 3.8) is 0 Å². The van der Waals surface area contributed by atoms with Crippen LogP contribution in [0.15, 0.2) is 24.3 Å². The van der Waals surface area contributed by atoms with Gasteiger partial charge in [-0.15, -0.1) is 0 Å². The first-order chi connectivity index (χ1) is 12.9. The first kappa shape index (κ1) is 19.7. The lowest BCUT2D eigenvalue weighted by molar-refractivity contribution is -0.154. The third-order valence-corrected chi connectivity index (χ3v) is 5.23. The number of carboxylic acid groups (broad SMARTS) is 1. The summed E-state index contributed by atoms with van der Waals surface area (Å²) in [7, 11) is 1.72. The minimum absolute atomic E-state index is 0.0740. The molecule has 2 heterocycles. The van der Waals surface area contributed by atoms with Gasteiger partial charge < -0.3 is 14.7 Å². The highest BCUT2D eigenvalue weighted by Gasteiger charge is 2.36. The maximum absolute atomic E-state index is 13.4. The molecule has 4 atom stereocenters. The Kier molecular flexibility index (Phi) is 6.41. The number of likely N-dealkylation sites (N-methyl/N-ethyl adjacent to an activating group) is 1. The van der Waals surface area contributed by atoms with E-state index in [1.54, 1.807) is 24.1 Å². The van der Waals surface area contributed by atoms with Gasteiger partial charge in [0.15, 0.2) is 6.10 Å². The fraction of sp³-hybridized carbons (Fsp3) is 0.579. The molecule has 1 aromatic rings. The summed E-state index contributed by atoms with van der Waals surface area (Å²) in [5, 5.41) is 8.95. The van der Waals surface area contributed by atoms with Crippen molar-refractivity contribution in [1.82, 2.24) is 15.8 Å². The Balaban J connectivity index is 1.38. The lowest BCUT2D eigenvalue weighted by Crippen LogP contribution is -2.38. The van der Waals surface area contributed by atoms with Gasteiger partial charge in [-0.25, -0.2) is 9.18 Å². The molecule has 2 aliphatic heterocycles. The summed E-state index contributed by atoms with van der Waals surface area (Å²) in [6.45, 7) is 0.583. The number of hydrogen-bond acceptors (Lipinski definition) is 5. The van der Waals surface area contributed by atoms with Crippen LogP contribution in [0.4, 0.5) is 4.39 Å². The molecule has 0 aliphatic carbocycles. The standard InChI is InChI=1S/C19H26FN3O4/c1-23(18(24)16-7-8-17(27-16)19(25)26)9-3-6-14-11-15(22-21-14)12-4-2-5-13(20)10-12/h2,4-5,10,14-17,21-22H,3,6-9,11H2,1H3,(H,25,26)/t14?,15?,16-,17+/m0/s1. The Bertz CT molecular complexity index is 687. The molecule has 0 saturated carbocycles. The minimum atomic E-state index is -1.01. The van der Waals surface area contributed by atoms with E-state index in [9.17, 15) is 14.0 Å². The summed E-state index contributed by atoms with van der Waals surface area (Å²) in [6.07, 6.45) is 1.84. The number of hydrogen-bond donors (Lipinski definition) is 3. The molecule has 1 amide bonds. The van der Waals surface area contributed by atoms with Crippen LogP contribution in [-0.4, -0.2) is 53.7 Å². The first-order valence-corrected chi connectivity index (χ1v) is 9.34. The predicted molar refractivity (Wildman–Crippen MR) is 96.2 cm³/mol. The lowest BCUT2D eigenvalue weighted by atomic mass is 9.99. The molecule has 0 aromatic heterocycles. The number of carbonyl (C=O) groups is 2. The van der Waals surface area contributed by atoms with Crippen LogP contribution in [-0.2, 0) is 14.3 Å². The number of nitrogens with one attached hydrogen (secondary N) is 2. The van der Waals surface area contributed by atoms with Crippen molar-refractivity contribution < 1.29 is 23.8 Å². The van der Waals surface area contributed by atoms with E-state index >= 15 is 0 Å². The Morgan fingerprint density at radius 2 is 2.07 bits per heavy atom. The van der Waals surface area contributed by atoms with Crippen molar-refractivity contribution in [3.05, 3.63) is 35.6 Å². The molecule has 2 fully saturated rings. The number of carbonyl (C=O) groups excluding carboxylic acids is 1. The molecule has 2 aliphatic rings. The highest BCUT2D eigenvalue weighted by Crippen LogP contribution is 2.25. The third-order valence-electron chi connectivity index (χ3n) is 5.23. The van der Waals surface area contributed by atoms with Crippen LogP contribution >= 0.6 is 0 Å². The van der Waals surface area contributed by atoms with Gasteiger partial charge in [0.05, 0.1) is 0 Å². The van der Waals surface area contributed by atoms with Gasteiger partial charge in [-0.1, -0.05) is 12.1 Å². The Labute approximate surface area is 157 Å². The molecule has 2 saturated heterocycles. The van der Waals surface area contributed by atoms with Crippen molar-refractivity contribution in [2.45, 2.75) is 56.4 Å². The molecule has 1 aromatic carbocycles. The zero-order chi connectivity index (χ0) is 19.4. The molecular weight excluding hydrogens is 353 g/mol. The van der Waals surface area contributed by atoms with Gasteiger partial charge in [-0.2, -0.15) is 0 Å². The summed E-state index contributed by atoms with van der Waals surface area (Å²) >= 11 is 0. The molecule has 8 heteroatoms. The molecule has 0 bridgehead atoms. The van der Waals surface area contributed by atoms with Gasteiger partial charge in [-0.05, 0) is 49.8 Å². The van der Waals surface area contributed by atoms with Crippen LogP contribution in [0, 0.1) is 5.82 Å². The van der Waals surface area contributed by atoms with Crippen molar-refractivity contribution in [2.75, 3.05) is 13.6 Å². The zero-order valence-corrected chi connectivity index (χ0v) is 15.4. The molecule has 148 valence electrons. The van der Waals surface area contributed by atoms with Crippen LogP contribution in [0.25, 0.3) is 0 Å². The van der Waals surface area contributed by atoms with Gasteiger partial charge in [0.25, 0.3) is 5.91 Å². The lowest BCUT2D eigenvalue weighted by Gasteiger charge is -2.21. The van der Waals surface area contributed by atoms with Gasteiger partial charge in [0, 0.05) is 25.7 Å². The van der Waals surface area contributed by atoms with Gasteiger partial charge in [0.2, 0.25) is 0 Å². The molecule has 0 spiro atoms. The average molecular weight is 379 g/mol. The fourth-order valence-electron chi connectivity index (χ4n) is 3.68. The van der Waals surface area contributed by atoms with Crippen molar-refractivity contribution in [2.24, 2.45) is 0 Å². The molecule has 27 heavy (non-hydrogen) atoms. The summed E-state index contributed by atoms with van der Waals surface area (Å²) < 4.78 is 18.7. The van der Waals surface area contributed by atoms with Crippen LogP contribution < -0.4 is 10.9 Å². The largest absolute Gasteiger partial charge is 0.479 e. The zero-order valence-electron chi connectivity index (χ0n) is 15.4. The van der Waals surface area contributed by atoms with Crippen molar-refractivity contribution >= 4 is 11.9 Å². The summed E-state index contributed by atoms with van der Waals surface area (Å²) in [4.78, 5) is 24.9. The number of ether oxygens (including phenoxy) is 1. The monoisotopic (exact) mass is 379 g/mol. The average Bonchev–Trinajstić information content (AvgIpc) is 3.31. The molecule has 3 N–H and O–H groups in total. The van der Waals surface area contributed by atoms with Gasteiger partial charge in [0.1, 0.15) is 11.9 Å². The maximum atomic E-state index is 13.4. The molecule has 0 radical (unpaired) electrons. The summed E-state index contributed by atoms with van der Waals surface area (Å²) in [6, 6.07) is 6.91. The number of halogens is 1. The Morgan fingerprint density at radius 3 is 2.78 bits per heavy atom. The van der Waals surface area contributed by atoms with E-state index in [1.165, 1.54) is 6.07 Å². The van der Waals surface area contributed by atoms with E-state index in [2.05, 4.69) is 10.9 Å². The molecule has 2 unspecified atom stereocenters. The normalized spacial score (nSPS) is 27.6. The van der Waals surface area contributed by atoms with Gasteiger partial charge in [-0.3, -0.25) is 15.6 Å². The van der Waals surface area contributed by atoms with E-state index in [0.717, 1.165) is 24.8 Å². The highest BCUT2D eigenvalue weighted by molar-refractivity contribution is 5.82. The molecule has 3 rings (SSSR count). The second-order valence-corrected chi connectivity index (χ2v) is 7.26. The second kappa shape index (κ2) is 8.77. The fourth-order valence-corrected chi connectivity index (χ4v) is 3.68. The van der Waals surface area contributed by atoms with Crippen LogP contribution in [0.1, 0.15) is 43.7 Å². The highest BCUT2D eigenvalue weighted by atomic mass is 19.1. The molecule has 7 nitrogen and oxygen atoms in total. The van der Waals surface area contributed by atoms with Crippen LogP contribution in [0.5, 0.6) is 0 Å². The predicted octanol–water partition coefficient (Wildman–Crippen LogP) is 1.60. The molecular formula is C19H26FN3O4. The number of amides is 1. The van der Waals surface area contributed by atoms with Crippen molar-refractivity contribution in [3.8, 4) is 0 Å². The number of carboxylic acids is 1. The number of rotatable bonds is 7. The van der Waals surface area contributed by atoms with E-state index in [0.29, 0.717) is 19.4 Å².